The first-order valence-corrected chi connectivity index (χ1v) is 7.60. The fraction of sp³-hybridized carbons (Fsp3) is 0.615. The molecule has 1 aromatic heterocycles. The fourth-order valence-electron chi connectivity index (χ4n) is 1.82. The Morgan fingerprint density at radius 3 is 2.71 bits per heavy atom. The number of hydrogen-bond acceptors (Lipinski definition) is 5. The minimum absolute atomic E-state index is 0.00713. The summed E-state index contributed by atoms with van der Waals surface area (Å²) in [5, 5.41) is 16.4. The third kappa shape index (κ3) is 5.68. The molecule has 0 aliphatic carbocycles. The lowest BCUT2D eigenvalue weighted by Gasteiger charge is -2.19. The van der Waals surface area contributed by atoms with E-state index in [1.807, 2.05) is 6.92 Å². The molecule has 0 spiro atoms. The Morgan fingerprint density at radius 2 is 2.19 bits per heavy atom. The number of carboxylic acids is 1. The second kappa shape index (κ2) is 8.58. The number of methoxy groups -OCH3 is 1. The van der Waals surface area contributed by atoms with Crippen LogP contribution in [-0.4, -0.2) is 41.8 Å². The SMILES string of the molecule is CCCC(COC)NC(=O)NC(C)c1nc(C(=O)O)cs1. The summed E-state index contributed by atoms with van der Waals surface area (Å²) in [6.45, 7) is 4.25. The zero-order valence-electron chi connectivity index (χ0n) is 12.4. The van der Waals surface area contributed by atoms with Crippen LogP contribution in [0.3, 0.4) is 0 Å². The molecule has 1 heterocycles. The molecular formula is C13H21N3O4S. The van der Waals surface area contributed by atoms with Crippen LogP contribution in [0.25, 0.3) is 0 Å². The van der Waals surface area contributed by atoms with E-state index in [2.05, 4.69) is 15.6 Å². The van der Waals surface area contributed by atoms with E-state index in [1.54, 1.807) is 14.0 Å². The fourth-order valence-corrected chi connectivity index (χ4v) is 2.62. The number of aromatic nitrogens is 1. The lowest BCUT2D eigenvalue weighted by molar-refractivity contribution is 0.0691. The highest BCUT2D eigenvalue weighted by Crippen LogP contribution is 2.17. The van der Waals surface area contributed by atoms with Gasteiger partial charge in [0.2, 0.25) is 0 Å². The smallest absolute Gasteiger partial charge is 0.355 e. The molecule has 0 fully saturated rings. The Hall–Kier alpha value is -1.67. The summed E-state index contributed by atoms with van der Waals surface area (Å²) in [7, 11) is 1.59. The molecule has 118 valence electrons. The first-order valence-electron chi connectivity index (χ1n) is 6.72. The zero-order valence-corrected chi connectivity index (χ0v) is 13.2. The van der Waals surface area contributed by atoms with Crippen LogP contribution in [0.2, 0.25) is 0 Å². The predicted molar refractivity (Wildman–Crippen MR) is 79.7 cm³/mol. The highest BCUT2D eigenvalue weighted by atomic mass is 32.1. The summed E-state index contributed by atoms with van der Waals surface area (Å²) in [5.41, 5.74) is -0.00713. The molecule has 1 aromatic rings. The van der Waals surface area contributed by atoms with Gasteiger partial charge in [0.05, 0.1) is 18.7 Å². The predicted octanol–water partition coefficient (Wildman–Crippen LogP) is 2.02. The Bertz CT molecular complexity index is 472. The Morgan fingerprint density at radius 1 is 1.48 bits per heavy atom. The quantitative estimate of drug-likeness (QED) is 0.681. The van der Waals surface area contributed by atoms with Crippen molar-refractivity contribution in [3.8, 4) is 0 Å². The maximum absolute atomic E-state index is 11.9. The normalized spacial score (nSPS) is 13.5. The lowest BCUT2D eigenvalue weighted by atomic mass is 10.2. The van der Waals surface area contributed by atoms with Gasteiger partial charge < -0.3 is 20.5 Å². The van der Waals surface area contributed by atoms with Crippen molar-refractivity contribution < 1.29 is 19.4 Å². The minimum atomic E-state index is -1.07. The molecular weight excluding hydrogens is 294 g/mol. The molecule has 0 bridgehead atoms. The number of thiazole rings is 1. The van der Waals surface area contributed by atoms with E-state index < -0.39 is 5.97 Å². The van der Waals surface area contributed by atoms with E-state index in [0.29, 0.717) is 11.6 Å². The van der Waals surface area contributed by atoms with Crippen LogP contribution in [0, 0.1) is 0 Å². The number of rotatable bonds is 8. The van der Waals surface area contributed by atoms with Gasteiger partial charge in [-0.2, -0.15) is 0 Å². The molecule has 0 saturated carbocycles. The third-order valence-corrected chi connectivity index (χ3v) is 3.83. The molecule has 3 N–H and O–H groups in total. The average molecular weight is 315 g/mol. The number of amides is 2. The number of nitrogens with one attached hydrogen (secondary N) is 2. The lowest BCUT2D eigenvalue weighted by Crippen LogP contribution is -2.44. The Labute approximate surface area is 127 Å². The van der Waals surface area contributed by atoms with Crippen LogP contribution in [-0.2, 0) is 4.74 Å². The molecule has 1 rings (SSSR count). The summed E-state index contributed by atoms with van der Waals surface area (Å²) in [6.07, 6.45) is 1.77. The van der Waals surface area contributed by atoms with Crippen molar-refractivity contribution in [3.63, 3.8) is 0 Å². The van der Waals surface area contributed by atoms with E-state index in [9.17, 15) is 9.59 Å². The number of carbonyl (C=O) groups excluding carboxylic acids is 1. The number of urea groups is 1. The Balaban J connectivity index is 2.53. The van der Waals surface area contributed by atoms with Crippen molar-refractivity contribution in [1.82, 2.24) is 15.6 Å². The van der Waals surface area contributed by atoms with Crippen LogP contribution >= 0.6 is 11.3 Å². The molecule has 0 aliphatic rings. The summed E-state index contributed by atoms with van der Waals surface area (Å²) < 4.78 is 5.06. The van der Waals surface area contributed by atoms with Gasteiger partial charge in [-0.15, -0.1) is 11.3 Å². The highest BCUT2D eigenvalue weighted by molar-refractivity contribution is 7.09. The highest BCUT2D eigenvalue weighted by Gasteiger charge is 2.17. The van der Waals surface area contributed by atoms with Crippen LogP contribution < -0.4 is 10.6 Å². The molecule has 8 heteroatoms. The first kappa shape index (κ1) is 17.4. The molecule has 2 unspecified atom stereocenters. The van der Waals surface area contributed by atoms with Gasteiger partial charge in [0.25, 0.3) is 0 Å². The number of carboxylic acid groups (broad SMARTS) is 1. The molecule has 2 amide bonds. The average Bonchev–Trinajstić information content (AvgIpc) is 2.88. The second-order valence-corrected chi connectivity index (χ2v) is 5.55. The molecule has 2 atom stereocenters. The van der Waals surface area contributed by atoms with Gasteiger partial charge in [0.1, 0.15) is 5.01 Å². The van der Waals surface area contributed by atoms with E-state index in [1.165, 1.54) is 16.7 Å². The van der Waals surface area contributed by atoms with Crippen molar-refractivity contribution in [2.24, 2.45) is 0 Å². The third-order valence-electron chi connectivity index (χ3n) is 2.80. The van der Waals surface area contributed by atoms with Crippen molar-refractivity contribution >= 4 is 23.3 Å². The van der Waals surface area contributed by atoms with Gasteiger partial charge in [-0.3, -0.25) is 0 Å². The number of aromatic carboxylic acids is 1. The van der Waals surface area contributed by atoms with Crippen molar-refractivity contribution in [1.29, 1.82) is 0 Å². The van der Waals surface area contributed by atoms with E-state index in [-0.39, 0.29) is 23.8 Å². The Kier molecular flexibility index (Phi) is 7.10. The molecule has 0 radical (unpaired) electrons. The molecule has 7 nitrogen and oxygen atoms in total. The monoisotopic (exact) mass is 315 g/mol. The summed E-state index contributed by atoms with van der Waals surface area (Å²) in [5.74, 6) is -1.07. The van der Waals surface area contributed by atoms with Crippen LogP contribution in [0.5, 0.6) is 0 Å². The molecule has 0 aliphatic heterocycles. The standard InChI is InChI=1S/C13H21N3O4S/c1-4-5-9(6-20-3)15-13(19)14-8(2)11-16-10(7-21-11)12(17)18/h7-9H,4-6H2,1-3H3,(H,17,18)(H2,14,15,19). The van der Waals surface area contributed by atoms with Crippen molar-refractivity contribution in [2.45, 2.75) is 38.8 Å². The largest absolute Gasteiger partial charge is 0.476 e. The van der Waals surface area contributed by atoms with E-state index in [4.69, 9.17) is 9.84 Å². The minimum Gasteiger partial charge on any atom is -0.476 e. The van der Waals surface area contributed by atoms with Gasteiger partial charge in [-0.1, -0.05) is 13.3 Å². The van der Waals surface area contributed by atoms with Crippen molar-refractivity contribution in [2.75, 3.05) is 13.7 Å². The molecule has 21 heavy (non-hydrogen) atoms. The molecule has 0 aromatic carbocycles. The second-order valence-electron chi connectivity index (χ2n) is 4.66. The maximum Gasteiger partial charge on any atom is 0.355 e. The summed E-state index contributed by atoms with van der Waals surface area (Å²) in [6, 6.07) is -0.712. The summed E-state index contributed by atoms with van der Waals surface area (Å²) in [4.78, 5) is 26.7. The maximum atomic E-state index is 11.9. The van der Waals surface area contributed by atoms with Crippen LogP contribution in [0.15, 0.2) is 5.38 Å². The van der Waals surface area contributed by atoms with Gasteiger partial charge >= 0.3 is 12.0 Å². The van der Waals surface area contributed by atoms with Crippen LogP contribution in [0.4, 0.5) is 4.79 Å². The first-order chi connectivity index (χ1) is 9.97. The number of ether oxygens (including phenoxy) is 1. The summed E-state index contributed by atoms with van der Waals surface area (Å²) >= 11 is 1.21. The van der Waals surface area contributed by atoms with Gasteiger partial charge in [0, 0.05) is 12.5 Å². The number of nitrogens with zero attached hydrogens (tertiary/aromatic N) is 1. The van der Waals surface area contributed by atoms with Gasteiger partial charge in [-0.25, -0.2) is 14.6 Å². The number of hydrogen-bond donors (Lipinski definition) is 3. The molecule has 0 saturated heterocycles. The van der Waals surface area contributed by atoms with E-state index in [0.717, 1.165) is 12.8 Å². The van der Waals surface area contributed by atoms with Gasteiger partial charge in [0.15, 0.2) is 5.69 Å². The number of carbonyl (C=O) groups is 2. The van der Waals surface area contributed by atoms with Crippen LogP contribution in [0.1, 0.15) is 48.2 Å². The zero-order chi connectivity index (χ0) is 15.8. The topological polar surface area (TPSA) is 101 Å². The van der Waals surface area contributed by atoms with E-state index >= 15 is 0 Å². The van der Waals surface area contributed by atoms with Crippen molar-refractivity contribution in [3.05, 3.63) is 16.1 Å². The van der Waals surface area contributed by atoms with Gasteiger partial charge in [-0.05, 0) is 13.3 Å².